The highest BCUT2D eigenvalue weighted by Gasteiger charge is 2.23. The number of nitrogens with one attached hydrogen (secondary N) is 1. The molecule has 2 aliphatic rings. The van der Waals surface area contributed by atoms with Gasteiger partial charge in [0.15, 0.2) is 0 Å². The van der Waals surface area contributed by atoms with E-state index in [1.165, 1.54) is 25.8 Å². The van der Waals surface area contributed by atoms with Crippen LogP contribution in [0.2, 0.25) is 0 Å². The lowest BCUT2D eigenvalue weighted by molar-refractivity contribution is 0.154. The Bertz CT molecular complexity index is 473. The highest BCUT2D eigenvalue weighted by Crippen LogP contribution is 2.27. The first-order chi connectivity index (χ1) is 11.3. The Morgan fingerprint density at radius 3 is 2.35 bits per heavy atom. The molecule has 1 aromatic rings. The number of ether oxygens (including phenoxy) is 3. The van der Waals surface area contributed by atoms with Crippen molar-refractivity contribution < 1.29 is 14.2 Å². The summed E-state index contributed by atoms with van der Waals surface area (Å²) >= 11 is 0. The van der Waals surface area contributed by atoms with Crippen molar-refractivity contribution in [3.63, 3.8) is 0 Å². The van der Waals surface area contributed by atoms with Gasteiger partial charge in [-0.2, -0.15) is 0 Å². The molecule has 0 unspecified atom stereocenters. The Hall–Kier alpha value is -1.46. The molecule has 1 atom stereocenters. The number of piperidine rings is 1. The predicted octanol–water partition coefficient (Wildman–Crippen LogP) is 2.62. The van der Waals surface area contributed by atoms with Crippen LogP contribution in [0.5, 0.6) is 11.5 Å². The second-order valence-corrected chi connectivity index (χ2v) is 6.55. The number of methoxy groups -OCH3 is 2. The molecule has 1 N–H and O–H groups in total. The number of likely N-dealkylation sites (tertiary alicyclic amines) is 1. The monoisotopic (exact) mass is 320 g/mol. The van der Waals surface area contributed by atoms with Crippen molar-refractivity contribution in [3.05, 3.63) is 18.2 Å². The molecule has 2 heterocycles. The molecule has 23 heavy (non-hydrogen) atoms. The summed E-state index contributed by atoms with van der Waals surface area (Å²) in [6.45, 7) is 5.41. The molecule has 3 rings (SSSR count). The van der Waals surface area contributed by atoms with Crippen molar-refractivity contribution in [2.75, 3.05) is 52.4 Å². The van der Waals surface area contributed by atoms with E-state index in [0.29, 0.717) is 6.04 Å². The van der Waals surface area contributed by atoms with Gasteiger partial charge in [0.25, 0.3) is 0 Å². The van der Waals surface area contributed by atoms with Crippen LogP contribution < -0.4 is 14.8 Å². The lowest BCUT2D eigenvalue weighted by Gasteiger charge is -2.34. The van der Waals surface area contributed by atoms with Gasteiger partial charge in [0, 0.05) is 56.2 Å². The van der Waals surface area contributed by atoms with Gasteiger partial charge in [-0.1, -0.05) is 0 Å². The van der Waals surface area contributed by atoms with Gasteiger partial charge >= 0.3 is 0 Å². The second kappa shape index (κ2) is 7.88. The number of nitrogens with zero attached hydrogens (tertiary/aromatic N) is 1. The molecule has 0 spiro atoms. The first-order valence-electron chi connectivity index (χ1n) is 8.56. The second-order valence-electron chi connectivity index (χ2n) is 6.55. The van der Waals surface area contributed by atoms with E-state index in [4.69, 9.17) is 14.2 Å². The first kappa shape index (κ1) is 16.4. The Morgan fingerprint density at radius 1 is 1.09 bits per heavy atom. The van der Waals surface area contributed by atoms with Gasteiger partial charge in [-0.25, -0.2) is 0 Å². The molecule has 1 aromatic carbocycles. The smallest absolute Gasteiger partial charge is 0.124 e. The van der Waals surface area contributed by atoms with Gasteiger partial charge in [-0.15, -0.1) is 0 Å². The van der Waals surface area contributed by atoms with Crippen LogP contribution >= 0.6 is 0 Å². The van der Waals surface area contributed by atoms with Crippen molar-refractivity contribution in [2.24, 2.45) is 5.92 Å². The summed E-state index contributed by atoms with van der Waals surface area (Å²) in [6.07, 6.45) is 3.57. The molecule has 0 aromatic heterocycles. The number of hydrogen-bond acceptors (Lipinski definition) is 5. The van der Waals surface area contributed by atoms with E-state index in [1.807, 2.05) is 18.2 Å². The molecule has 0 radical (unpaired) electrons. The minimum Gasteiger partial charge on any atom is -0.497 e. The fourth-order valence-electron chi connectivity index (χ4n) is 3.48. The molecule has 5 nitrogen and oxygen atoms in total. The zero-order chi connectivity index (χ0) is 16.1. The van der Waals surface area contributed by atoms with Gasteiger partial charge < -0.3 is 24.4 Å². The molecule has 2 fully saturated rings. The Kier molecular flexibility index (Phi) is 5.62. The number of rotatable bonds is 6. The fourth-order valence-corrected chi connectivity index (χ4v) is 3.48. The SMILES string of the molecule is COc1cc(NC2CCN(C[C@@H]3CCOC3)CC2)cc(OC)c1. The largest absolute Gasteiger partial charge is 0.497 e. The van der Waals surface area contributed by atoms with Crippen LogP contribution in [-0.2, 0) is 4.74 Å². The molecule has 2 saturated heterocycles. The van der Waals surface area contributed by atoms with Crippen LogP contribution in [-0.4, -0.2) is 58.0 Å². The van der Waals surface area contributed by atoms with Gasteiger partial charge in [0.05, 0.1) is 20.8 Å². The first-order valence-corrected chi connectivity index (χ1v) is 8.56. The quantitative estimate of drug-likeness (QED) is 0.873. The topological polar surface area (TPSA) is 43.0 Å². The molecule has 0 bridgehead atoms. The summed E-state index contributed by atoms with van der Waals surface area (Å²) in [5.41, 5.74) is 1.07. The minimum atomic E-state index is 0.517. The van der Waals surface area contributed by atoms with Crippen molar-refractivity contribution in [3.8, 4) is 11.5 Å². The molecule has 2 aliphatic heterocycles. The molecule has 0 aliphatic carbocycles. The summed E-state index contributed by atoms with van der Waals surface area (Å²) in [5.74, 6) is 2.39. The Balaban J connectivity index is 1.50. The molecule has 0 amide bonds. The van der Waals surface area contributed by atoms with Crippen LogP contribution in [0.1, 0.15) is 19.3 Å². The summed E-state index contributed by atoms with van der Waals surface area (Å²) in [6, 6.07) is 6.48. The standard InChI is InChI=1S/C18H28N2O3/c1-21-17-9-16(10-18(11-17)22-2)19-15-3-6-20(7-4-15)12-14-5-8-23-13-14/h9-11,14-15,19H,3-8,12-13H2,1-2H3/t14-/m0/s1. The average molecular weight is 320 g/mol. The lowest BCUT2D eigenvalue weighted by atomic mass is 10.0. The van der Waals surface area contributed by atoms with E-state index in [9.17, 15) is 0 Å². The maximum atomic E-state index is 5.48. The summed E-state index contributed by atoms with van der Waals surface area (Å²) < 4.78 is 16.2. The number of hydrogen-bond donors (Lipinski definition) is 1. The number of anilines is 1. The van der Waals surface area contributed by atoms with Gasteiger partial charge in [0.2, 0.25) is 0 Å². The average Bonchev–Trinajstić information content (AvgIpc) is 3.09. The molecular formula is C18H28N2O3. The van der Waals surface area contributed by atoms with E-state index >= 15 is 0 Å². The zero-order valence-electron chi connectivity index (χ0n) is 14.2. The van der Waals surface area contributed by atoms with Crippen molar-refractivity contribution in [1.29, 1.82) is 0 Å². The van der Waals surface area contributed by atoms with Crippen LogP contribution in [0.15, 0.2) is 18.2 Å². The Labute approximate surface area is 138 Å². The van der Waals surface area contributed by atoms with Gasteiger partial charge in [-0.05, 0) is 25.2 Å². The van der Waals surface area contributed by atoms with E-state index in [1.54, 1.807) is 14.2 Å². The van der Waals surface area contributed by atoms with Crippen LogP contribution in [0.25, 0.3) is 0 Å². The lowest BCUT2D eigenvalue weighted by Crippen LogP contribution is -2.41. The predicted molar refractivity (Wildman–Crippen MR) is 91.6 cm³/mol. The summed E-state index contributed by atoms with van der Waals surface area (Å²) in [4.78, 5) is 2.59. The normalized spacial score (nSPS) is 23.0. The highest BCUT2D eigenvalue weighted by atomic mass is 16.5. The number of benzene rings is 1. The highest BCUT2D eigenvalue weighted by molar-refractivity contribution is 5.54. The summed E-state index contributed by atoms with van der Waals surface area (Å²) in [5, 5.41) is 3.63. The van der Waals surface area contributed by atoms with Crippen LogP contribution in [0.3, 0.4) is 0 Å². The summed E-state index contributed by atoms with van der Waals surface area (Å²) in [7, 11) is 3.37. The van der Waals surface area contributed by atoms with Crippen LogP contribution in [0, 0.1) is 5.92 Å². The van der Waals surface area contributed by atoms with Crippen molar-refractivity contribution in [1.82, 2.24) is 4.90 Å². The maximum absolute atomic E-state index is 5.48. The molecule has 0 saturated carbocycles. The van der Waals surface area contributed by atoms with Crippen molar-refractivity contribution >= 4 is 5.69 Å². The Morgan fingerprint density at radius 2 is 1.78 bits per heavy atom. The molecule has 5 heteroatoms. The molecular weight excluding hydrogens is 292 g/mol. The van der Waals surface area contributed by atoms with Gasteiger partial charge in [0.1, 0.15) is 11.5 Å². The van der Waals surface area contributed by atoms with E-state index in [-0.39, 0.29) is 0 Å². The van der Waals surface area contributed by atoms with E-state index in [2.05, 4.69) is 10.2 Å². The van der Waals surface area contributed by atoms with Crippen molar-refractivity contribution in [2.45, 2.75) is 25.3 Å². The third-order valence-electron chi connectivity index (χ3n) is 4.85. The van der Waals surface area contributed by atoms with Gasteiger partial charge in [-0.3, -0.25) is 0 Å². The van der Waals surface area contributed by atoms with E-state index in [0.717, 1.165) is 49.4 Å². The third kappa shape index (κ3) is 4.52. The molecule has 128 valence electrons. The minimum absolute atomic E-state index is 0.517. The zero-order valence-corrected chi connectivity index (χ0v) is 14.2. The van der Waals surface area contributed by atoms with E-state index < -0.39 is 0 Å². The maximum Gasteiger partial charge on any atom is 0.124 e. The fraction of sp³-hybridized carbons (Fsp3) is 0.667. The van der Waals surface area contributed by atoms with Crippen LogP contribution in [0.4, 0.5) is 5.69 Å². The third-order valence-corrected chi connectivity index (χ3v) is 4.85.